The molecule has 0 fully saturated rings. The summed E-state index contributed by atoms with van der Waals surface area (Å²) in [5.41, 5.74) is 6.49. The zero-order chi connectivity index (χ0) is 11.3. The Balaban J connectivity index is 2.26. The maximum Gasteiger partial charge on any atom is 0.0991 e. The predicted molar refractivity (Wildman–Crippen MR) is 58.3 cm³/mol. The Labute approximate surface area is 90.6 Å². The fourth-order valence-electron chi connectivity index (χ4n) is 1.11. The molecule has 15 heavy (non-hydrogen) atoms. The number of aromatic nitrogens is 3. The van der Waals surface area contributed by atoms with E-state index < -0.39 is 0 Å². The molecule has 1 aromatic rings. The van der Waals surface area contributed by atoms with Crippen molar-refractivity contribution in [3.8, 4) is 0 Å². The number of hydrogen-bond donors (Lipinski definition) is 1. The summed E-state index contributed by atoms with van der Waals surface area (Å²) in [7, 11) is 0. The van der Waals surface area contributed by atoms with E-state index in [9.17, 15) is 0 Å². The number of nitrogens with two attached hydrogens (primary N) is 1. The molecule has 5 heteroatoms. The van der Waals surface area contributed by atoms with Gasteiger partial charge in [-0.3, -0.25) is 0 Å². The van der Waals surface area contributed by atoms with Crippen LogP contribution in [0, 0.1) is 5.92 Å². The van der Waals surface area contributed by atoms with E-state index in [1.165, 1.54) is 0 Å². The zero-order valence-corrected chi connectivity index (χ0v) is 9.68. The second kappa shape index (κ2) is 5.82. The molecule has 1 rings (SSSR count). The molecular formula is C10H20N4O. The molecular weight excluding hydrogens is 192 g/mol. The van der Waals surface area contributed by atoms with Gasteiger partial charge in [-0.1, -0.05) is 19.1 Å². The van der Waals surface area contributed by atoms with E-state index in [1.807, 2.05) is 13.1 Å². The molecule has 0 aliphatic rings. The first-order valence-corrected chi connectivity index (χ1v) is 5.33. The molecule has 0 spiro atoms. The van der Waals surface area contributed by atoms with E-state index in [-0.39, 0.29) is 6.04 Å². The van der Waals surface area contributed by atoms with Crippen LogP contribution in [-0.4, -0.2) is 28.2 Å². The minimum absolute atomic E-state index is 0.0599. The van der Waals surface area contributed by atoms with Crippen LogP contribution >= 0.6 is 0 Å². The standard InChI is InChI=1S/C10H20N4O/c1-8(2)7-15-5-4-14-6-10(9(3)11)12-13-14/h6,8-9H,4-5,7,11H2,1-3H3. The van der Waals surface area contributed by atoms with Crippen molar-refractivity contribution < 1.29 is 4.74 Å². The third-order valence-electron chi connectivity index (χ3n) is 1.94. The molecule has 1 unspecified atom stereocenters. The van der Waals surface area contributed by atoms with Gasteiger partial charge in [0, 0.05) is 12.6 Å². The maximum absolute atomic E-state index is 5.67. The summed E-state index contributed by atoms with van der Waals surface area (Å²) < 4.78 is 7.21. The lowest BCUT2D eigenvalue weighted by molar-refractivity contribution is 0.101. The van der Waals surface area contributed by atoms with Crippen molar-refractivity contribution in [2.75, 3.05) is 13.2 Å². The molecule has 0 aromatic carbocycles. The van der Waals surface area contributed by atoms with Gasteiger partial charge in [0.15, 0.2) is 0 Å². The quantitative estimate of drug-likeness (QED) is 0.714. The highest BCUT2D eigenvalue weighted by Gasteiger charge is 2.04. The second-order valence-corrected chi connectivity index (χ2v) is 4.16. The average Bonchev–Trinajstić information content (AvgIpc) is 2.60. The number of ether oxygens (including phenoxy) is 1. The highest BCUT2D eigenvalue weighted by Crippen LogP contribution is 2.03. The Kier molecular flexibility index (Phi) is 4.71. The first-order chi connectivity index (χ1) is 7.09. The summed E-state index contributed by atoms with van der Waals surface area (Å²) in [5.74, 6) is 0.570. The van der Waals surface area contributed by atoms with E-state index in [4.69, 9.17) is 10.5 Å². The molecule has 1 atom stereocenters. The molecule has 0 aliphatic heterocycles. The van der Waals surface area contributed by atoms with Crippen molar-refractivity contribution >= 4 is 0 Å². The maximum atomic E-state index is 5.67. The Morgan fingerprint density at radius 1 is 1.47 bits per heavy atom. The van der Waals surface area contributed by atoms with Gasteiger partial charge >= 0.3 is 0 Å². The monoisotopic (exact) mass is 212 g/mol. The predicted octanol–water partition coefficient (Wildman–Crippen LogP) is 0.970. The third-order valence-corrected chi connectivity index (χ3v) is 1.94. The molecule has 86 valence electrons. The molecule has 1 aromatic heterocycles. The summed E-state index contributed by atoms with van der Waals surface area (Å²) in [6.07, 6.45) is 1.86. The SMILES string of the molecule is CC(C)COCCn1cc(C(C)N)nn1. The Morgan fingerprint density at radius 2 is 2.20 bits per heavy atom. The zero-order valence-electron chi connectivity index (χ0n) is 9.68. The summed E-state index contributed by atoms with van der Waals surface area (Å²) in [5, 5.41) is 7.92. The highest BCUT2D eigenvalue weighted by atomic mass is 16.5. The van der Waals surface area contributed by atoms with Crippen LogP contribution in [0.3, 0.4) is 0 Å². The minimum Gasteiger partial charge on any atom is -0.379 e. The molecule has 0 amide bonds. The van der Waals surface area contributed by atoms with Crippen molar-refractivity contribution in [1.29, 1.82) is 0 Å². The van der Waals surface area contributed by atoms with Gasteiger partial charge in [0.25, 0.3) is 0 Å². The van der Waals surface area contributed by atoms with E-state index >= 15 is 0 Å². The highest BCUT2D eigenvalue weighted by molar-refractivity contribution is 4.97. The van der Waals surface area contributed by atoms with Crippen molar-refractivity contribution in [1.82, 2.24) is 15.0 Å². The van der Waals surface area contributed by atoms with E-state index in [2.05, 4.69) is 24.2 Å². The number of nitrogens with zero attached hydrogens (tertiary/aromatic N) is 3. The fourth-order valence-corrected chi connectivity index (χ4v) is 1.11. The largest absolute Gasteiger partial charge is 0.379 e. The van der Waals surface area contributed by atoms with Gasteiger partial charge in [-0.25, -0.2) is 4.68 Å². The molecule has 0 bridgehead atoms. The van der Waals surface area contributed by atoms with Crippen molar-refractivity contribution in [3.05, 3.63) is 11.9 Å². The molecule has 0 aliphatic carbocycles. The van der Waals surface area contributed by atoms with Crippen LogP contribution in [0.15, 0.2) is 6.20 Å². The smallest absolute Gasteiger partial charge is 0.0991 e. The van der Waals surface area contributed by atoms with Crippen LogP contribution in [0.5, 0.6) is 0 Å². The third kappa shape index (κ3) is 4.40. The van der Waals surface area contributed by atoms with Gasteiger partial charge in [-0.05, 0) is 12.8 Å². The Bertz CT molecular complexity index is 283. The summed E-state index contributed by atoms with van der Waals surface area (Å²) in [6.45, 7) is 8.33. The van der Waals surface area contributed by atoms with Crippen LogP contribution in [0.4, 0.5) is 0 Å². The van der Waals surface area contributed by atoms with Gasteiger partial charge in [-0.2, -0.15) is 0 Å². The van der Waals surface area contributed by atoms with Gasteiger partial charge in [0.05, 0.1) is 25.0 Å². The van der Waals surface area contributed by atoms with Crippen LogP contribution in [-0.2, 0) is 11.3 Å². The lowest BCUT2D eigenvalue weighted by Crippen LogP contribution is -2.10. The first-order valence-electron chi connectivity index (χ1n) is 5.33. The van der Waals surface area contributed by atoms with E-state index in [1.54, 1.807) is 4.68 Å². The second-order valence-electron chi connectivity index (χ2n) is 4.16. The Hall–Kier alpha value is -0.940. The molecule has 0 saturated heterocycles. The Morgan fingerprint density at radius 3 is 2.73 bits per heavy atom. The number of rotatable bonds is 6. The molecule has 0 saturated carbocycles. The summed E-state index contributed by atoms with van der Waals surface area (Å²) in [6, 6.07) is -0.0599. The van der Waals surface area contributed by atoms with Crippen molar-refractivity contribution in [2.45, 2.75) is 33.4 Å². The lowest BCUT2D eigenvalue weighted by Gasteiger charge is -2.05. The van der Waals surface area contributed by atoms with Gasteiger partial charge in [0.2, 0.25) is 0 Å². The van der Waals surface area contributed by atoms with Crippen LogP contribution in [0.2, 0.25) is 0 Å². The van der Waals surface area contributed by atoms with Crippen LogP contribution < -0.4 is 5.73 Å². The van der Waals surface area contributed by atoms with Crippen molar-refractivity contribution in [2.24, 2.45) is 11.7 Å². The van der Waals surface area contributed by atoms with Crippen molar-refractivity contribution in [3.63, 3.8) is 0 Å². The van der Waals surface area contributed by atoms with Crippen LogP contribution in [0.25, 0.3) is 0 Å². The normalized spacial score (nSPS) is 13.4. The van der Waals surface area contributed by atoms with Gasteiger partial charge in [-0.15, -0.1) is 5.10 Å². The summed E-state index contributed by atoms with van der Waals surface area (Å²) >= 11 is 0. The number of hydrogen-bond acceptors (Lipinski definition) is 4. The van der Waals surface area contributed by atoms with Gasteiger partial charge < -0.3 is 10.5 Å². The molecule has 5 nitrogen and oxygen atoms in total. The fraction of sp³-hybridized carbons (Fsp3) is 0.800. The van der Waals surface area contributed by atoms with E-state index in [0.717, 1.165) is 18.8 Å². The lowest BCUT2D eigenvalue weighted by atomic mass is 10.2. The van der Waals surface area contributed by atoms with Gasteiger partial charge in [0.1, 0.15) is 0 Å². The average molecular weight is 212 g/mol. The molecule has 1 heterocycles. The topological polar surface area (TPSA) is 66.0 Å². The summed E-state index contributed by atoms with van der Waals surface area (Å²) in [4.78, 5) is 0. The molecule has 0 radical (unpaired) electrons. The van der Waals surface area contributed by atoms with E-state index in [0.29, 0.717) is 12.5 Å². The first kappa shape index (κ1) is 12.1. The van der Waals surface area contributed by atoms with Crippen LogP contribution in [0.1, 0.15) is 32.5 Å². The molecule has 2 N–H and O–H groups in total. The minimum atomic E-state index is -0.0599.